The van der Waals surface area contributed by atoms with Gasteiger partial charge in [-0.3, -0.25) is 14.9 Å². The highest BCUT2D eigenvalue weighted by molar-refractivity contribution is 5.71. The van der Waals surface area contributed by atoms with Gasteiger partial charge in [0.1, 0.15) is 0 Å². The van der Waals surface area contributed by atoms with Crippen LogP contribution in [0.5, 0.6) is 34.5 Å². The van der Waals surface area contributed by atoms with Gasteiger partial charge in [0.25, 0.3) is 0 Å². The number of benzene rings is 2. The molecule has 10 heteroatoms. The number of rotatable bonds is 13. The lowest BCUT2D eigenvalue weighted by molar-refractivity contribution is 0.190. The molecule has 1 N–H and O–H groups in total. The van der Waals surface area contributed by atoms with Crippen molar-refractivity contribution in [1.82, 2.24) is 20.2 Å². The summed E-state index contributed by atoms with van der Waals surface area (Å²) < 4.78 is 33.1. The van der Waals surface area contributed by atoms with Crippen molar-refractivity contribution in [3.05, 3.63) is 72.2 Å². The summed E-state index contributed by atoms with van der Waals surface area (Å²) in [5.41, 5.74) is 6.07. The number of nitrogens with zero attached hydrogens (tertiary/aromatic N) is 3. The Labute approximate surface area is 265 Å². The van der Waals surface area contributed by atoms with E-state index in [9.17, 15) is 0 Å². The summed E-state index contributed by atoms with van der Waals surface area (Å²) in [6, 6.07) is 14.6. The van der Waals surface area contributed by atoms with E-state index < -0.39 is 0 Å². The predicted octanol–water partition coefficient (Wildman–Crippen LogP) is 5.62. The summed E-state index contributed by atoms with van der Waals surface area (Å²) in [6.07, 6.45) is 7.78. The number of methoxy groups -OCH3 is 6. The van der Waals surface area contributed by atoms with Crippen molar-refractivity contribution in [1.29, 1.82) is 0 Å². The monoisotopic (exact) mass is 614 g/mol. The predicted molar refractivity (Wildman–Crippen MR) is 174 cm³/mol. The molecule has 10 nitrogen and oxygen atoms in total. The van der Waals surface area contributed by atoms with Gasteiger partial charge in [-0.1, -0.05) is 0 Å². The van der Waals surface area contributed by atoms with Gasteiger partial charge in [-0.25, -0.2) is 0 Å². The van der Waals surface area contributed by atoms with Gasteiger partial charge in [0.15, 0.2) is 23.0 Å². The summed E-state index contributed by atoms with van der Waals surface area (Å²) in [6.45, 7) is 3.65. The molecule has 0 saturated carbocycles. The first kappa shape index (κ1) is 31.9. The van der Waals surface area contributed by atoms with Crippen molar-refractivity contribution >= 4 is 0 Å². The number of pyridine rings is 2. The van der Waals surface area contributed by atoms with E-state index in [-0.39, 0.29) is 0 Å². The first-order valence-corrected chi connectivity index (χ1v) is 15.0. The molecule has 0 atom stereocenters. The lowest BCUT2D eigenvalue weighted by Gasteiger charge is -2.32. The van der Waals surface area contributed by atoms with Crippen molar-refractivity contribution in [3.8, 4) is 56.9 Å². The molecule has 1 aliphatic rings. The first-order valence-electron chi connectivity index (χ1n) is 15.0. The zero-order chi connectivity index (χ0) is 31.8. The zero-order valence-corrected chi connectivity index (χ0v) is 26.9. The molecule has 0 spiro atoms. The molecular weight excluding hydrogens is 572 g/mol. The maximum absolute atomic E-state index is 5.54. The fraction of sp³-hybridized carbons (Fsp3) is 0.371. The highest BCUT2D eigenvalue weighted by atomic mass is 16.5. The van der Waals surface area contributed by atoms with Gasteiger partial charge in [-0.15, -0.1) is 0 Å². The van der Waals surface area contributed by atoms with Crippen molar-refractivity contribution in [2.45, 2.75) is 32.0 Å². The summed E-state index contributed by atoms with van der Waals surface area (Å²) in [4.78, 5) is 11.6. The Kier molecular flexibility index (Phi) is 10.6. The molecule has 0 amide bonds. The Bertz CT molecular complexity index is 1540. The second-order valence-corrected chi connectivity index (χ2v) is 10.9. The third-order valence-corrected chi connectivity index (χ3v) is 8.17. The van der Waals surface area contributed by atoms with Gasteiger partial charge in [0, 0.05) is 48.8 Å². The molecule has 0 radical (unpaired) electrons. The zero-order valence-electron chi connectivity index (χ0n) is 26.9. The Morgan fingerprint density at radius 3 is 1.80 bits per heavy atom. The molecule has 0 unspecified atom stereocenters. The highest BCUT2D eigenvalue weighted by Crippen LogP contribution is 2.42. The summed E-state index contributed by atoms with van der Waals surface area (Å²) in [5.74, 6) is 3.59. The molecule has 2 aromatic heterocycles. The van der Waals surface area contributed by atoms with Crippen LogP contribution in [0.4, 0.5) is 0 Å². The Balaban J connectivity index is 1.18. The van der Waals surface area contributed by atoms with Crippen LogP contribution in [0.15, 0.2) is 61.1 Å². The lowest BCUT2D eigenvalue weighted by Crippen LogP contribution is -2.41. The minimum atomic E-state index is 0.443. The molecule has 4 aromatic rings. The number of nitrogens with one attached hydrogen (secondary N) is 1. The molecule has 1 aliphatic heterocycles. The molecule has 238 valence electrons. The van der Waals surface area contributed by atoms with Crippen molar-refractivity contribution in [2.24, 2.45) is 0 Å². The number of aromatic nitrogens is 2. The Morgan fingerprint density at radius 2 is 1.24 bits per heavy atom. The van der Waals surface area contributed by atoms with Crippen LogP contribution in [0.1, 0.15) is 24.0 Å². The molecule has 2 aromatic carbocycles. The molecule has 1 fully saturated rings. The van der Waals surface area contributed by atoms with Crippen LogP contribution in [-0.4, -0.2) is 76.7 Å². The van der Waals surface area contributed by atoms with E-state index in [2.05, 4.69) is 38.4 Å². The summed E-state index contributed by atoms with van der Waals surface area (Å²) in [5, 5.41) is 3.75. The topological polar surface area (TPSA) is 96.4 Å². The van der Waals surface area contributed by atoms with Crippen LogP contribution in [0.2, 0.25) is 0 Å². The van der Waals surface area contributed by atoms with Gasteiger partial charge in [0.05, 0.1) is 48.4 Å². The number of hydrogen-bond donors (Lipinski definition) is 1. The van der Waals surface area contributed by atoms with E-state index in [1.165, 1.54) is 5.56 Å². The van der Waals surface area contributed by atoms with E-state index in [1.807, 2.05) is 42.9 Å². The van der Waals surface area contributed by atoms with Gasteiger partial charge < -0.3 is 33.7 Å². The van der Waals surface area contributed by atoms with E-state index >= 15 is 0 Å². The second-order valence-electron chi connectivity index (χ2n) is 10.9. The quantitative estimate of drug-likeness (QED) is 0.205. The number of ether oxygens (including phenoxy) is 6. The Morgan fingerprint density at radius 1 is 0.667 bits per heavy atom. The molecule has 3 heterocycles. The average molecular weight is 615 g/mol. The highest BCUT2D eigenvalue weighted by Gasteiger charge is 2.20. The number of hydrogen-bond acceptors (Lipinski definition) is 10. The number of piperidine rings is 1. The molecule has 45 heavy (non-hydrogen) atoms. The largest absolute Gasteiger partial charge is 0.493 e. The van der Waals surface area contributed by atoms with Crippen LogP contribution in [0.25, 0.3) is 22.4 Å². The van der Waals surface area contributed by atoms with Crippen LogP contribution in [-0.2, 0) is 13.1 Å². The molecule has 1 saturated heterocycles. The summed E-state index contributed by atoms with van der Waals surface area (Å²) in [7, 11) is 9.69. The van der Waals surface area contributed by atoms with Gasteiger partial charge in [-0.05, 0) is 85.1 Å². The molecular formula is C35H42N4O6. The standard InChI is InChI=1S/C35H42N4O6/c1-40-30-15-25(16-31(41-2)34(30)44-5)27-13-24(19-36-21-27)20-38-28-8-11-39(12-9-28)22-23-7-10-37-29(14-23)26-17-32(42-3)35(45-6)33(18-26)43-4/h7,10,13-19,21,28,38H,8-9,11-12,20,22H2,1-6H3. The minimum Gasteiger partial charge on any atom is -0.493 e. The SMILES string of the molecule is COc1cc(-c2cncc(CNC3CCN(Cc4ccnc(-c5cc(OC)c(OC)c(OC)c5)c4)CC3)c2)cc(OC)c1OC. The second kappa shape index (κ2) is 15.0. The normalized spacial score (nSPS) is 13.7. The van der Waals surface area contributed by atoms with Gasteiger partial charge in [-0.2, -0.15) is 0 Å². The van der Waals surface area contributed by atoms with E-state index in [0.29, 0.717) is 40.5 Å². The smallest absolute Gasteiger partial charge is 0.203 e. The maximum Gasteiger partial charge on any atom is 0.203 e. The van der Waals surface area contributed by atoms with Gasteiger partial charge in [0.2, 0.25) is 11.5 Å². The van der Waals surface area contributed by atoms with E-state index in [4.69, 9.17) is 28.4 Å². The summed E-state index contributed by atoms with van der Waals surface area (Å²) >= 11 is 0. The van der Waals surface area contributed by atoms with E-state index in [0.717, 1.165) is 67.0 Å². The Hall–Kier alpha value is -4.54. The fourth-order valence-electron chi connectivity index (χ4n) is 5.76. The van der Waals surface area contributed by atoms with Crippen molar-refractivity contribution in [3.63, 3.8) is 0 Å². The fourth-order valence-corrected chi connectivity index (χ4v) is 5.76. The van der Waals surface area contributed by atoms with Crippen LogP contribution in [0, 0.1) is 0 Å². The van der Waals surface area contributed by atoms with Crippen LogP contribution >= 0.6 is 0 Å². The first-order chi connectivity index (χ1) is 22.0. The minimum absolute atomic E-state index is 0.443. The average Bonchev–Trinajstić information content (AvgIpc) is 3.10. The van der Waals surface area contributed by atoms with Crippen LogP contribution < -0.4 is 33.7 Å². The molecule has 0 bridgehead atoms. The van der Waals surface area contributed by atoms with Crippen LogP contribution in [0.3, 0.4) is 0 Å². The van der Waals surface area contributed by atoms with Crippen molar-refractivity contribution in [2.75, 3.05) is 55.7 Å². The van der Waals surface area contributed by atoms with Crippen molar-refractivity contribution < 1.29 is 28.4 Å². The third-order valence-electron chi connectivity index (χ3n) is 8.17. The lowest BCUT2D eigenvalue weighted by atomic mass is 10.0. The maximum atomic E-state index is 5.54. The molecule has 5 rings (SSSR count). The third kappa shape index (κ3) is 7.41. The van der Waals surface area contributed by atoms with Gasteiger partial charge >= 0.3 is 0 Å². The van der Waals surface area contributed by atoms with E-state index in [1.54, 1.807) is 42.7 Å². The number of likely N-dealkylation sites (tertiary alicyclic amines) is 1. The molecule has 0 aliphatic carbocycles.